The van der Waals surface area contributed by atoms with Gasteiger partial charge in [0.1, 0.15) is 24.0 Å². The Labute approximate surface area is 234 Å². The van der Waals surface area contributed by atoms with E-state index in [2.05, 4.69) is 0 Å². The predicted molar refractivity (Wildman–Crippen MR) is 141 cm³/mol. The molecule has 1 aliphatic heterocycles. The van der Waals surface area contributed by atoms with Gasteiger partial charge < -0.3 is 32.8 Å². The summed E-state index contributed by atoms with van der Waals surface area (Å²) in [5, 5.41) is 0.629. The van der Waals surface area contributed by atoms with Crippen molar-refractivity contribution >= 4 is 34.8 Å². The molecular formula is C29H28O12. The maximum atomic E-state index is 12.4. The SMILES string of the molecule is CC(=O)OC[C@@H]1O[C@H](Oc2ccc3c(-c4ccccc4)cc(=O)oc3c2)[C@H](OC(C)=O)[C@@H](OC(C)=O)[C@@H]1OC(C)=O. The Balaban J connectivity index is 1.74. The van der Waals surface area contributed by atoms with E-state index in [0.29, 0.717) is 10.9 Å². The van der Waals surface area contributed by atoms with Crippen LogP contribution >= 0.6 is 0 Å². The smallest absolute Gasteiger partial charge is 0.336 e. The lowest BCUT2D eigenvalue weighted by Gasteiger charge is -2.43. The lowest BCUT2D eigenvalue weighted by atomic mass is 9.98. The van der Waals surface area contributed by atoms with Crippen molar-refractivity contribution in [1.29, 1.82) is 0 Å². The zero-order chi connectivity index (χ0) is 29.7. The molecule has 1 aliphatic rings. The molecule has 0 saturated carbocycles. The molecule has 0 amide bonds. The van der Waals surface area contributed by atoms with Crippen LogP contribution in [0.2, 0.25) is 0 Å². The topological polar surface area (TPSA) is 154 Å². The third-order valence-electron chi connectivity index (χ3n) is 6.00. The van der Waals surface area contributed by atoms with Crippen LogP contribution in [0.15, 0.2) is 63.8 Å². The Hall–Kier alpha value is -4.71. The van der Waals surface area contributed by atoms with E-state index in [0.717, 1.165) is 26.3 Å². The van der Waals surface area contributed by atoms with E-state index in [9.17, 15) is 24.0 Å². The van der Waals surface area contributed by atoms with Gasteiger partial charge >= 0.3 is 29.5 Å². The minimum atomic E-state index is -1.43. The van der Waals surface area contributed by atoms with Crippen molar-refractivity contribution in [2.24, 2.45) is 0 Å². The summed E-state index contributed by atoms with van der Waals surface area (Å²) in [4.78, 5) is 59.9. The first kappa shape index (κ1) is 29.3. The Morgan fingerprint density at radius 3 is 2.02 bits per heavy atom. The molecule has 0 spiro atoms. The fraction of sp³-hybridized carbons (Fsp3) is 0.345. The molecule has 1 saturated heterocycles. The summed E-state index contributed by atoms with van der Waals surface area (Å²) in [6, 6.07) is 15.4. The number of hydrogen-bond acceptors (Lipinski definition) is 12. The minimum Gasteiger partial charge on any atom is -0.463 e. The summed E-state index contributed by atoms with van der Waals surface area (Å²) in [5.74, 6) is -2.77. The van der Waals surface area contributed by atoms with E-state index < -0.39 is 66.8 Å². The van der Waals surface area contributed by atoms with Crippen molar-refractivity contribution in [3.8, 4) is 16.9 Å². The van der Waals surface area contributed by atoms with E-state index in [1.54, 1.807) is 12.1 Å². The molecule has 12 nitrogen and oxygen atoms in total. The second-order valence-corrected chi connectivity index (χ2v) is 9.19. The average Bonchev–Trinajstić information content (AvgIpc) is 2.90. The Morgan fingerprint density at radius 2 is 1.39 bits per heavy atom. The van der Waals surface area contributed by atoms with E-state index in [4.69, 9.17) is 32.8 Å². The van der Waals surface area contributed by atoms with E-state index >= 15 is 0 Å². The zero-order valence-corrected chi connectivity index (χ0v) is 22.7. The average molecular weight is 569 g/mol. The molecule has 2 aromatic carbocycles. The van der Waals surface area contributed by atoms with Crippen LogP contribution in [-0.4, -0.2) is 61.2 Å². The molecule has 0 unspecified atom stereocenters. The molecule has 216 valence electrons. The summed E-state index contributed by atoms with van der Waals surface area (Å²) in [5.41, 5.74) is 1.08. The molecule has 12 heteroatoms. The lowest BCUT2D eigenvalue weighted by Crippen LogP contribution is -2.63. The molecule has 0 bridgehead atoms. The number of carbonyl (C=O) groups is 4. The second-order valence-electron chi connectivity index (χ2n) is 9.19. The highest BCUT2D eigenvalue weighted by molar-refractivity contribution is 5.93. The van der Waals surface area contributed by atoms with Crippen LogP contribution in [0.3, 0.4) is 0 Å². The Bertz CT molecular complexity index is 1490. The highest BCUT2D eigenvalue weighted by Gasteiger charge is 2.53. The molecule has 4 rings (SSSR count). The van der Waals surface area contributed by atoms with Gasteiger partial charge in [-0.25, -0.2) is 4.79 Å². The van der Waals surface area contributed by atoms with Gasteiger partial charge in [0, 0.05) is 45.2 Å². The number of esters is 4. The summed E-state index contributed by atoms with van der Waals surface area (Å²) in [7, 11) is 0. The standard InChI is InChI=1S/C29H28O12/c1-15(30)35-14-24-26(36-16(2)31)27(37-17(3)32)28(38-18(4)33)29(41-24)39-20-10-11-21-22(19-8-6-5-7-9-19)13-25(34)40-23(21)12-20/h5-13,24,26-29H,14H2,1-4H3/t24-,26+,27-,28+,29-/m0/s1. The van der Waals surface area contributed by atoms with Crippen molar-refractivity contribution in [3.05, 3.63) is 65.0 Å². The van der Waals surface area contributed by atoms with Gasteiger partial charge in [-0.3, -0.25) is 19.2 Å². The fourth-order valence-corrected chi connectivity index (χ4v) is 4.49. The summed E-state index contributed by atoms with van der Waals surface area (Å²) in [6.45, 7) is 4.16. The lowest BCUT2D eigenvalue weighted by molar-refractivity contribution is -0.288. The molecule has 0 aliphatic carbocycles. The number of fused-ring (bicyclic) bond motifs is 1. The van der Waals surface area contributed by atoms with Crippen molar-refractivity contribution in [2.75, 3.05) is 6.61 Å². The number of carbonyl (C=O) groups excluding carboxylic acids is 4. The van der Waals surface area contributed by atoms with Crippen LogP contribution in [0, 0.1) is 0 Å². The molecule has 5 atom stereocenters. The van der Waals surface area contributed by atoms with Crippen molar-refractivity contribution in [2.45, 2.75) is 58.4 Å². The van der Waals surface area contributed by atoms with Crippen LogP contribution in [0.4, 0.5) is 0 Å². The van der Waals surface area contributed by atoms with Crippen LogP contribution in [0.5, 0.6) is 5.75 Å². The Morgan fingerprint density at radius 1 is 0.756 bits per heavy atom. The molecule has 1 aromatic heterocycles. The van der Waals surface area contributed by atoms with Gasteiger partial charge in [-0.1, -0.05) is 30.3 Å². The third-order valence-corrected chi connectivity index (χ3v) is 6.00. The molecular weight excluding hydrogens is 540 g/mol. The summed E-state index contributed by atoms with van der Waals surface area (Å²) >= 11 is 0. The minimum absolute atomic E-state index is 0.145. The fourth-order valence-electron chi connectivity index (χ4n) is 4.49. The van der Waals surface area contributed by atoms with Crippen molar-refractivity contribution < 1.29 is 52.0 Å². The van der Waals surface area contributed by atoms with E-state index in [-0.39, 0.29) is 11.3 Å². The van der Waals surface area contributed by atoms with Crippen LogP contribution < -0.4 is 10.4 Å². The van der Waals surface area contributed by atoms with Gasteiger partial charge in [0.2, 0.25) is 12.4 Å². The predicted octanol–water partition coefficient (Wildman–Crippen LogP) is 2.92. The molecule has 0 radical (unpaired) electrons. The Kier molecular flexibility index (Phi) is 9.03. The van der Waals surface area contributed by atoms with Crippen molar-refractivity contribution in [1.82, 2.24) is 0 Å². The largest absolute Gasteiger partial charge is 0.463 e. The van der Waals surface area contributed by atoms with E-state index in [1.165, 1.54) is 19.1 Å². The van der Waals surface area contributed by atoms with Crippen LogP contribution in [-0.2, 0) is 42.9 Å². The zero-order valence-electron chi connectivity index (χ0n) is 22.7. The first-order valence-electron chi connectivity index (χ1n) is 12.6. The van der Waals surface area contributed by atoms with Crippen LogP contribution in [0.25, 0.3) is 22.1 Å². The number of hydrogen-bond donors (Lipinski definition) is 0. The first-order chi connectivity index (χ1) is 19.5. The van der Waals surface area contributed by atoms with Gasteiger partial charge in [-0.05, 0) is 23.3 Å². The molecule has 41 heavy (non-hydrogen) atoms. The third kappa shape index (κ3) is 7.28. The maximum Gasteiger partial charge on any atom is 0.336 e. The van der Waals surface area contributed by atoms with Crippen LogP contribution in [0.1, 0.15) is 27.7 Å². The quantitative estimate of drug-likeness (QED) is 0.223. The highest BCUT2D eigenvalue weighted by atomic mass is 16.7. The van der Waals surface area contributed by atoms with Gasteiger partial charge in [0.15, 0.2) is 12.2 Å². The van der Waals surface area contributed by atoms with E-state index in [1.807, 2.05) is 30.3 Å². The summed E-state index contributed by atoms with van der Waals surface area (Å²) in [6.07, 6.45) is -6.72. The second kappa shape index (κ2) is 12.6. The van der Waals surface area contributed by atoms with Gasteiger partial charge in [0.05, 0.1) is 0 Å². The molecule has 0 N–H and O–H groups in total. The monoisotopic (exact) mass is 568 g/mol. The first-order valence-corrected chi connectivity index (χ1v) is 12.6. The van der Waals surface area contributed by atoms with Gasteiger partial charge in [0.25, 0.3) is 0 Å². The molecule has 2 heterocycles. The van der Waals surface area contributed by atoms with Gasteiger partial charge in [-0.15, -0.1) is 0 Å². The van der Waals surface area contributed by atoms with Gasteiger partial charge in [-0.2, -0.15) is 0 Å². The number of ether oxygens (including phenoxy) is 6. The highest BCUT2D eigenvalue weighted by Crippen LogP contribution is 2.33. The summed E-state index contributed by atoms with van der Waals surface area (Å²) < 4.78 is 38.7. The van der Waals surface area contributed by atoms with Crippen molar-refractivity contribution in [3.63, 3.8) is 0 Å². The maximum absolute atomic E-state index is 12.4. The normalized spacial score (nSPS) is 21.9. The number of rotatable bonds is 8. The number of benzene rings is 2. The molecule has 3 aromatic rings. The molecule has 1 fully saturated rings.